The second kappa shape index (κ2) is 11.3. The van der Waals surface area contributed by atoms with Crippen molar-refractivity contribution in [2.75, 3.05) is 0 Å². The molecular formula is C27H29Cl2Zr. The number of benzene rings is 2. The van der Waals surface area contributed by atoms with E-state index in [-0.39, 0.29) is 51.0 Å². The predicted molar refractivity (Wildman–Crippen MR) is 116 cm³/mol. The van der Waals surface area contributed by atoms with Crippen molar-refractivity contribution < 1.29 is 51.0 Å². The molecule has 2 atom stereocenters. The number of halogens is 2. The van der Waals surface area contributed by atoms with Crippen LogP contribution in [0.4, 0.5) is 0 Å². The maximum absolute atomic E-state index is 2.41. The maximum Gasteiger partial charge on any atom is 3.00 e. The third-order valence-electron chi connectivity index (χ3n) is 7.11. The fourth-order valence-corrected chi connectivity index (χ4v) is 5.44. The molecule has 3 aliphatic carbocycles. The van der Waals surface area contributed by atoms with Crippen LogP contribution in [0.1, 0.15) is 86.0 Å². The van der Waals surface area contributed by atoms with E-state index in [1.807, 2.05) is 0 Å². The van der Waals surface area contributed by atoms with Crippen LogP contribution in [0.5, 0.6) is 0 Å². The number of allylic oxidation sites excluding steroid dienone is 3. The maximum atomic E-state index is 2.41. The van der Waals surface area contributed by atoms with E-state index in [0.29, 0.717) is 11.8 Å². The van der Waals surface area contributed by atoms with E-state index in [1.54, 1.807) is 28.2 Å². The molecule has 0 nitrogen and oxygen atoms in total. The first-order valence-corrected chi connectivity index (χ1v) is 10.8. The average Bonchev–Trinajstić information content (AvgIpc) is 3.18. The van der Waals surface area contributed by atoms with Crippen LogP contribution in [0, 0.1) is 5.92 Å². The first-order chi connectivity index (χ1) is 13.3. The summed E-state index contributed by atoms with van der Waals surface area (Å²) >= 11 is 0. The summed E-state index contributed by atoms with van der Waals surface area (Å²) < 4.78 is 0. The summed E-state index contributed by atoms with van der Waals surface area (Å²) in [5, 5.41) is 0. The molecule has 0 aromatic heterocycles. The number of hydrogen-bond donors (Lipinski definition) is 0. The van der Waals surface area contributed by atoms with Crippen LogP contribution < -0.4 is 24.8 Å². The molecule has 0 bridgehead atoms. The summed E-state index contributed by atoms with van der Waals surface area (Å²) in [5.74, 6) is 3.09. The summed E-state index contributed by atoms with van der Waals surface area (Å²) in [6, 6.07) is 18.1. The van der Waals surface area contributed by atoms with Crippen LogP contribution in [-0.2, 0) is 26.2 Å². The summed E-state index contributed by atoms with van der Waals surface area (Å²) in [4.78, 5) is 0. The molecule has 30 heavy (non-hydrogen) atoms. The molecule has 5 rings (SSSR count). The summed E-state index contributed by atoms with van der Waals surface area (Å²) in [6.07, 6.45) is 13.8. The van der Waals surface area contributed by atoms with Crippen LogP contribution in [0.3, 0.4) is 0 Å². The van der Waals surface area contributed by atoms with Crippen LogP contribution in [0.2, 0.25) is 0 Å². The molecule has 2 aromatic carbocycles. The molecule has 2 unspecified atom stereocenters. The Balaban J connectivity index is 0.00000107. The van der Waals surface area contributed by atoms with E-state index in [2.05, 4.69) is 67.6 Å². The van der Waals surface area contributed by atoms with Gasteiger partial charge in [0.15, 0.2) is 0 Å². The first kappa shape index (κ1) is 25.6. The number of hydrogen-bond acceptors (Lipinski definition) is 0. The Hall–Kier alpha value is -0.617. The van der Waals surface area contributed by atoms with Gasteiger partial charge in [0.05, 0.1) is 0 Å². The minimum atomic E-state index is 0. The van der Waals surface area contributed by atoms with Gasteiger partial charge in [0.2, 0.25) is 0 Å². The number of rotatable bonds is 7. The van der Waals surface area contributed by atoms with Gasteiger partial charge in [-0.15, -0.1) is 0 Å². The molecule has 3 heteroatoms. The molecule has 0 saturated heterocycles. The van der Waals surface area contributed by atoms with E-state index in [0.717, 1.165) is 0 Å². The zero-order valence-electron chi connectivity index (χ0n) is 17.6. The Morgan fingerprint density at radius 1 is 0.867 bits per heavy atom. The van der Waals surface area contributed by atoms with Gasteiger partial charge in [0, 0.05) is 11.8 Å². The van der Waals surface area contributed by atoms with Gasteiger partial charge in [-0.1, -0.05) is 86.0 Å². The Kier molecular flexibility index (Phi) is 9.67. The second-order valence-corrected chi connectivity index (χ2v) is 8.42. The summed E-state index contributed by atoms with van der Waals surface area (Å²) in [7, 11) is 0. The van der Waals surface area contributed by atoms with Crippen LogP contribution in [0.25, 0.3) is 11.6 Å². The van der Waals surface area contributed by atoms with Crippen molar-refractivity contribution in [3.63, 3.8) is 0 Å². The van der Waals surface area contributed by atoms with E-state index in [4.69, 9.17) is 0 Å². The standard InChI is InChI=1S/C27H29.2ClH.Zr/c1-2-19(11-13-21-15-14-20-7-3-4-8-22(20)21)12-16-25-23-9-5-6-10-24(23)26-17-18-27(25)26;;;/h3-10,14-15,21,25H,2,11-13,16-18H2,1H3;2*1H;/q-1;;;+3/p-2. The van der Waals surface area contributed by atoms with Crippen LogP contribution in [0.15, 0.2) is 60.2 Å². The molecule has 0 amide bonds. The average molecular weight is 516 g/mol. The van der Waals surface area contributed by atoms with Crippen LogP contribution >= 0.6 is 0 Å². The molecular weight excluding hydrogens is 486 g/mol. The summed E-state index contributed by atoms with van der Waals surface area (Å²) in [5.41, 5.74) is 9.58. The fourth-order valence-electron chi connectivity index (χ4n) is 5.44. The van der Waals surface area contributed by atoms with Gasteiger partial charge in [0.1, 0.15) is 0 Å². The predicted octanol–water partition coefficient (Wildman–Crippen LogP) is 1.69. The number of fused-ring (bicyclic) bond motifs is 3. The molecule has 3 aliphatic rings. The smallest absolute Gasteiger partial charge is 1.00 e. The molecule has 155 valence electrons. The second-order valence-electron chi connectivity index (χ2n) is 8.42. The molecule has 1 radical (unpaired) electrons. The third kappa shape index (κ3) is 4.74. The van der Waals surface area contributed by atoms with Gasteiger partial charge in [0.25, 0.3) is 0 Å². The fraction of sp³-hybridized carbons (Fsp3) is 0.370. The molecule has 2 aromatic rings. The third-order valence-corrected chi connectivity index (χ3v) is 7.11. The molecule has 0 aliphatic heterocycles. The van der Waals surface area contributed by atoms with Crippen molar-refractivity contribution in [1.29, 1.82) is 0 Å². The Bertz CT molecular complexity index is 915. The van der Waals surface area contributed by atoms with E-state index in [1.165, 1.54) is 56.1 Å². The Morgan fingerprint density at radius 3 is 2.30 bits per heavy atom. The Morgan fingerprint density at radius 2 is 1.57 bits per heavy atom. The van der Waals surface area contributed by atoms with Gasteiger partial charge in [-0.05, 0) is 40.7 Å². The van der Waals surface area contributed by atoms with E-state index >= 15 is 0 Å². The van der Waals surface area contributed by atoms with Crippen LogP contribution in [-0.4, -0.2) is 0 Å². The molecule has 0 spiro atoms. The van der Waals surface area contributed by atoms with Crippen molar-refractivity contribution in [3.05, 3.63) is 88.4 Å². The van der Waals surface area contributed by atoms with Crippen molar-refractivity contribution in [2.24, 2.45) is 0 Å². The normalized spacial score (nSPS) is 19.8. The molecule has 0 N–H and O–H groups in total. The first-order valence-electron chi connectivity index (χ1n) is 10.8. The van der Waals surface area contributed by atoms with Gasteiger partial charge < -0.3 is 30.7 Å². The van der Waals surface area contributed by atoms with E-state index < -0.39 is 0 Å². The SMILES string of the molecule is CC[C-](CCC1C=Cc2ccccc21)CCC1C2=C(CC2)c2ccccc21.[Cl-].[Cl-].[Zr+3]. The molecule has 0 heterocycles. The van der Waals surface area contributed by atoms with Crippen molar-refractivity contribution >= 4 is 11.6 Å². The van der Waals surface area contributed by atoms with Gasteiger partial charge in [-0.2, -0.15) is 19.3 Å². The van der Waals surface area contributed by atoms with Gasteiger partial charge in [-0.25, -0.2) is 0 Å². The summed E-state index contributed by atoms with van der Waals surface area (Å²) in [6.45, 7) is 2.35. The van der Waals surface area contributed by atoms with Gasteiger partial charge >= 0.3 is 26.2 Å². The molecule has 0 saturated carbocycles. The Labute approximate surface area is 213 Å². The molecule has 0 fully saturated rings. The minimum absolute atomic E-state index is 0. The van der Waals surface area contributed by atoms with Crippen molar-refractivity contribution in [3.8, 4) is 0 Å². The topological polar surface area (TPSA) is 0 Å². The minimum Gasteiger partial charge on any atom is -1.00 e. The monoisotopic (exact) mass is 513 g/mol. The van der Waals surface area contributed by atoms with Crippen molar-refractivity contribution in [1.82, 2.24) is 0 Å². The largest absolute Gasteiger partial charge is 3.00 e. The van der Waals surface area contributed by atoms with E-state index in [9.17, 15) is 0 Å². The quantitative estimate of drug-likeness (QED) is 0.493. The zero-order chi connectivity index (χ0) is 18.2. The van der Waals surface area contributed by atoms with Crippen molar-refractivity contribution in [2.45, 2.75) is 63.7 Å². The van der Waals surface area contributed by atoms with Gasteiger partial charge in [-0.3, -0.25) is 0 Å². The zero-order valence-corrected chi connectivity index (χ0v) is 21.6.